The summed E-state index contributed by atoms with van der Waals surface area (Å²) in [5, 5.41) is 0. The highest BCUT2D eigenvalue weighted by Crippen LogP contribution is 2.14. The van der Waals surface area contributed by atoms with Gasteiger partial charge in [0.25, 0.3) is 0 Å². The van der Waals surface area contributed by atoms with E-state index >= 15 is 0 Å². The first kappa shape index (κ1) is 63.3. The fraction of sp³-hybridized carbons (Fsp3) is 0.689. The largest absolute Gasteiger partial charge is 0.462 e. The van der Waals surface area contributed by atoms with E-state index in [-0.39, 0.29) is 31.1 Å². The van der Waals surface area contributed by atoms with E-state index < -0.39 is 6.10 Å². The summed E-state index contributed by atoms with van der Waals surface area (Å²) in [5.41, 5.74) is 0. The van der Waals surface area contributed by atoms with Crippen molar-refractivity contribution in [1.29, 1.82) is 0 Å². The molecule has 6 nitrogen and oxygen atoms in total. The minimum atomic E-state index is -0.800. The van der Waals surface area contributed by atoms with Gasteiger partial charge in [-0.3, -0.25) is 14.4 Å². The topological polar surface area (TPSA) is 78.9 Å². The molecule has 6 heteroatoms. The first-order chi connectivity index (χ1) is 33.0. The molecule has 0 unspecified atom stereocenters. The number of carbonyl (C=O) groups is 3. The van der Waals surface area contributed by atoms with Gasteiger partial charge in [0.2, 0.25) is 0 Å². The molecule has 0 rings (SSSR count). The molecule has 0 saturated carbocycles. The smallest absolute Gasteiger partial charge is 0.306 e. The molecular formula is C61H102O6. The van der Waals surface area contributed by atoms with Crippen LogP contribution in [0.1, 0.15) is 252 Å². The summed E-state index contributed by atoms with van der Waals surface area (Å²) in [6.45, 7) is 6.44. The first-order valence-electron chi connectivity index (χ1n) is 27.7. The molecule has 0 N–H and O–H groups in total. The maximum Gasteiger partial charge on any atom is 0.306 e. The Morgan fingerprint density at radius 1 is 0.313 bits per heavy atom. The number of unbranched alkanes of at least 4 members (excludes halogenated alkanes) is 22. The van der Waals surface area contributed by atoms with Gasteiger partial charge >= 0.3 is 17.9 Å². The van der Waals surface area contributed by atoms with Crippen molar-refractivity contribution in [3.63, 3.8) is 0 Å². The molecule has 0 aliphatic heterocycles. The van der Waals surface area contributed by atoms with Crippen molar-refractivity contribution in [2.24, 2.45) is 0 Å². The van der Waals surface area contributed by atoms with Crippen molar-refractivity contribution in [2.75, 3.05) is 13.2 Å². The van der Waals surface area contributed by atoms with Gasteiger partial charge in [0.1, 0.15) is 13.2 Å². The summed E-state index contributed by atoms with van der Waals surface area (Å²) < 4.78 is 16.8. The Labute approximate surface area is 413 Å². The summed E-state index contributed by atoms with van der Waals surface area (Å²) in [7, 11) is 0. The number of ether oxygens (including phenoxy) is 3. The molecule has 0 bridgehead atoms. The van der Waals surface area contributed by atoms with E-state index in [4.69, 9.17) is 14.2 Å². The number of allylic oxidation sites excluding steroid dienone is 16. The highest BCUT2D eigenvalue weighted by molar-refractivity contribution is 5.71. The molecule has 0 spiro atoms. The highest BCUT2D eigenvalue weighted by atomic mass is 16.6. The minimum Gasteiger partial charge on any atom is -0.462 e. The first-order valence-corrected chi connectivity index (χ1v) is 27.7. The summed E-state index contributed by atoms with van der Waals surface area (Å²) in [5.74, 6) is -0.945. The Hall–Kier alpha value is -3.67. The summed E-state index contributed by atoms with van der Waals surface area (Å²) in [6.07, 6.45) is 72.4. The van der Waals surface area contributed by atoms with Gasteiger partial charge in [-0.1, -0.05) is 208 Å². The molecule has 382 valence electrons. The Morgan fingerprint density at radius 3 is 0.970 bits per heavy atom. The maximum absolute atomic E-state index is 12.8. The maximum atomic E-state index is 12.8. The van der Waals surface area contributed by atoms with E-state index in [1.54, 1.807) is 0 Å². The van der Waals surface area contributed by atoms with Crippen LogP contribution in [0.5, 0.6) is 0 Å². The van der Waals surface area contributed by atoms with Crippen LogP contribution in [-0.2, 0) is 28.6 Å². The molecule has 0 radical (unpaired) electrons. The second-order valence-corrected chi connectivity index (χ2v) is 18.1. The van der Waals surface area contributed by atoms with E-state index in [0.29, 0.717) is 19.3 Å². The number of esters is 3. The lowest BCUT2D eigenvalue weighted by molar-refractivity contribution is -0.167. The van der Waals surface area contributed by atoms with Crippen molar-refractivity contribution < 1.29 is 28.6 Å². The molecule has 0 aliphatic rings. The van der Waals surface area contributed by atoms with E-state index in [2.05, 4.69) is 118 Å². The third-order valence-corrected chi connectivity index (χ3v) is 11.5. The average Bonchev–Trinajstić information content (AvgIpc) is 3.33. The third kappa shape index (κ3) is 53.2. The molecule has 0 aromatic heterocycles. The van der Waals surface area contributed by atoms with Crippen molar-refractivity contribution in [2.45, 2.75) is 258 Å². The average molecular weight is 931 g/mol. The predicted octanol–water partition coefficient (Wildman–Crippen LogP) is 18.5. The Balaban J connectivity index is 4.47. The Bertz CT molecular complexity index is 1350. The zero-order valence-electron chi connectivity index (χ0n) is 43.6. The molecular weight excluding hydrogens is 829 g/mol. The number of rotatable bonds is 49. The van der Waals surface area contributed by atoms with Crippen LogP contribution < -0.4 is 0 Å². The predicted molar refractivity (Wildman–Crippen MR) is 288 cm³/mol. The Morgan fingerprint density at radius 2 is 0.582 bits per heavy atom. The van der Waals surface area contributed by atoms with Crippen LogP contribution in [0, 0.1) is 0 Å². The molecule has 0 saturated heterocycles. The van der Waals surface area contributed by atoms with Gasteiger partial charge in [0.05, 0.1) is 0 Å². The monoisotopic (exact) mass is 931 g/mol. The van der Waals surface area contributed by atoms with E-state index in [1.807, 2.05) is 0 Å². The van der Waals surface area contributed by atoms with Crippen molar-refractivity contribution >= 4 is 17.9 Å². The van der Waals surface area contributed by atoms with Crippen LogP contribution in [0.25, 0.3) is 0 Å². The molecule has 1 atom stereocenters. The third-order valence-electron chi connectivity index (χ3n) is 11.5. The zero-order chi connectivity index (χ0) is 48.6. The molecule has 0 aromatic rings. The van der Waals surface area contributed by atoms with E-state index in [9.17, 15) is 14.4 Å². The minimum absolute atomic E-state index is 0.0964. The second-order valence-electron chi connectivity index (χ2n) is 18.1. The quantitative estimate of drug-likeness (QED) is 0.0262. The normalized spacial score (nSPS) is 12.8. The van der Waals surface area contributed by atoms with Crippen LogP contribution >= 0.6 is 0 Å². The van der Waals surface area contributed by atoms with E-state index in [0.717, 1.165) is 116 Å². The van der Waals surface area contributed by atoms with Gasteiger partial charge in [-0.05, 0) is 122 Å². The van der Waals surface area contributed by atoms with Gasteiger partial charge in [0.15, 0.2) is 6.10 Å². The van der Waals surface area contributed by atoms with Crippen molar-refractivity contribution in [3.05, 3.63) is 97.2 Å². The number of hydrogen-bond donors (Lipinski definition) is 0. The standard InChI is InChI=1S/C61H102O6/c1-4-7-10-13-16-19-22-25-27-29-30-32-33-36-39-42-45-48-51-54-60(63)66-57-58(56-65-59(62)53-50-47-44-41-38-35-24-21-18-15-12-9-6-3)67-61(64)55-52-49-46-43-40-37-34-31-28-26-23-20-17-14-11-8-5-2/h7,10,16-17,19-21,24-28,30,32,36,39,58H,4-6,8-9,11-15,18,22-23,29,31,33-35,37-38,40-57H2,1-3H3/b10-7-,19-16-,20-17-,24-21-,27-25-,28-26-,32-30-,39-36-/t58-/m0/s1. The molecule has 0 heterocycles. The highest BCUT2D eigenvalue weighted by Gasteiger charge is 2.19. The van der Waals surface area contributed by atoms with Gasteiger partial charge in [0, 0.05) is 19.3 Å². The second kappa shape index (κ2) is 54.9. The van der Waals surface area contributed by atoms with Crippen molar-refractivity contribution in [1.82, 2.24) is 0 Å². The van der Waals surface area contributed by atoms with Crippen LogP contribution in [0.4, 0.5) is 0 Å². The Kier molecular flexibility index (Phi) is 51.9. The fourth-order valence-electron chi connectivity index (χ4n) is 7.37. The lowest BCUT2D eigenvalue weighted by Crippen LogP contribution is -2.30. The number of hydrogen-bond acceptors (Lipinski definition) is 6. The van der Waals surface area contributed by atoms with Gasteiger partial charge in [-0.2, -0.15) is 0 Å². The SMILES string of the molecule is CC/C=C\C/C=C\C/C=C\C/C=C\C/C=C\CCCCCC(=O)OC[C@H](COC(=O)CCCCCCC/C=C\CCCCCC)OC(=O)CCCCCCCCC/C=C\C/C=C\CCCCC. The summed E-state index contributed by atoms with van der Waals surface area (Å²) in [6, 6.07) is 0. The molecule has 67 heavy (non-hydrogen) atoms. The number of carbonyl (C=O) groups excluding carboxylic acids is 3. The van der Waals surface area contributed by atoms with Crippen LogP contribution in [0.3, 0.4) is 0 Å². The lowest BCUT2D eigenvalue weighted by atomic mass is 10.1. The fourth-order valence-corrected chi connectivity index (χ4v) is 7.37. The van der Waals surface area contributed by atoms with Crippen molar-refractivity contribution in [3.8, 4) is 0 Å². The van der Waals surface area contributed by atoms with Crippen LogP contribution in [0.15, 0.2) is 97.2 Å². The van der Waals surface area contributed by atoms with Gasteiger partial charge in [-0.15, -0.1) is 0 Å². The van der Waals surface area contributed by atoms with E-state index in [1.165, 1.54) is 96.3 Å². The molecule has 0 aromatic carbocycles. The molecule has 0 fully saturated rings. The lowest BCUT2D eigenvalue weighted by Gasteiger charge is -2.18. The van der Waals surface area contributed by atoms with Crippen LogP contribution in [-0.4, -0.2) is 37.2 Å². The summed E-state index contributed by atoms with van der Waals surface area (Å²) in [4.78, 5) is 38.1. The summed E-state index contributed by atoms with van der Waals surface area (Å²) >= 11 is 0. The molecule has 0 aliphatic carbocycles. The van der Waals surface area contributed by atoms with Gasteiger partial charge < -0.3 is 14.2 Å². The van der Waals surface area contributed by atoms with Gasteiger partial charge in [-0.25, -0.2) is 0 Å². The van der Waals surface area contributed by atoms with Crippen LogP contribution in [0.2, 0.25) is 0 Å². The zero-order valence-corrected chi connectivity index (χ0v) is 43.6. The molecule has 0 amide bonds.